The van der Waals surface area contributed by atoms with Crippen LogP contribution >= 0.6 is 0 Å². The molecule has 0 bridgehead atoms. The molecular formula is C27H25N9. The van der Waals surface area contributed by atoms with E-state index < -0.39 is 0 Å². The topological polar surface area (TPSA) is 104 Å². The van der Waals surface area contributed by atoms with Gasteiger partial charge in [-0.2, -0.15) is 5.10 Å². The van der Waals surface area contributed by atoms with Gasteiger partial charge in [-0.05, 0) is 68.2 Å². The highest BCUT2D eigenvalue weighted by atomic mass is 15.2. The molecule has 7 rings (SSSR count). The zero-order chi connectivity index (χ0) is 24.1. The average Bonchev–Trinajstić information content (AvgIpc) is 3.70. The van der Waals surface area contributed by atoms with Gasteiger partial charge in [-0.3, -0.25) is 19.5 Å². The fourth-order valence-corrected chi connectivity index (χ4v) is 5.06. The third-order valence-corrected chi connectivity index (χ3v) is 6.86. The number of H-pyrrole nitrogens is 2. The van der Waals surface area contributed by atoms with Gasteiger partial charge in [-0.15, -0.1) is 0 Å². The van der Waals surface area contributed by atoms with Crippen molar-refractivity contribution in [2.24, 2.45) is 0 Å². The number of rotatable bonds is 5. The fourth-order valence-electron chi connectivity index (χ4n) is 5.06. The summed E-state index contributed by atoms with van der Waals surface area (Å²) in [5.41, 5.74) is 7.78. The monoisotopic (exact) mass is 475 g/mol. The second-order valence-electron chi connectivity index (χ2n) is 9.44. The largest absolute Gasteiger partial charge is 0.336 e. The van der Waals surface area contributed by atoms with Gasteiger partial charge in [0.1, 0.15) is 17.5 Å². The quantitative estimate of drug-likeness (QED) is 0.376. The number of imidazole rings is 2. The molecule has 1 aliphatic heterocycles. The third kappa shape index (κ3) is 3.64. The summed E-state index contributed by atoms with van der Waals surface area (Å²) in [7, 11) is 0. The lowest BCUT2D eigenvalue weighted by molar-refractivity contribution is 0.331. The van der Waals surface area contributed by atoms with Crippen LogP contribution in [0.3, 0.4) is 0 Å². The van der Waals surface area contributed by atoms with E-state index in [1.807, 2.05) is 36.1 Å². The maximum atomic E-state index is 4.90. The Kier molecular flexibility index (Phi) is 4.88. The van der Waals surface area contributed by atoms with Crippen molar-refractivity contribution in [3.8, 4) is 28.5 Å². The first-order chi connectivity index (χ1) is 17.7. The van der Waals surface area contributed by atoms with Crippen molar-refractivity contribution in [3.05, 3.63) is 72.7 Å². The molecule has 6 aromatic rings. The van der Waals surface area contributed by atoms with Crippen molar-refractivity contribution in [1.29, 1.82) is 0 Å². The molecule has 0 aliphatic carbocycles. The van der Waals surface area contributed by atoms with Gasteiger partial charge in [-0.1, -0.05) is 6.07 Å². The Bertz CT molecular complexity index is 1700. The lowest BCUT2D eigenvalue weighted by Crippen LogP contribution is -2.18. The lowest BCUT2D eigenvalue weighted by atomic mass is 10.0. The van der Waals surface area contributed by atoms with E-state index >= 15 is 0 Å². The highest BCUT2D eigenvalue weighted by Crippen LogP contribution is 2.31. The molecule has 9 nitrogen and oxygen atoms in total. The SMILES string of the molecule is Cc1cn(-c2nccc3[nH]c(-c4n[nH]c5ccc(-c6cncc(CN7CCCC7)c6)cc45)nc23)cn1. The van der Waals surface area contributed by atoms with Gasteiger partial charge in [0.25, 0.3) is 0 Å². The Labute approximate surface area is 207 Å². The molecular weight excluding hydrogens is 450 g/mol. The van der Waals surface area contributed by atoms with Gasteiger partial charge in [0.2, 0.25) is 0 Å². The Morgan fingerprint density at radius 1 is 0.972 bits per heavy atom. The number of aromatic nitrogens is 8. The van der Waals surface area contributed by atoms with E-state index in [4.69, 9.17) is 4.98 Å². The van der Waals surface area contributed by atoms with Crippen LogP contribution in [0.15, 0.2) is 61.4 Å². The molecule has 1 saturated heterocycles. The number of aryl methyl sites for hydroxylation is 1. The van der Waals surface area contributed by atoms with Crippen molar-refractivity contribution in [3.63, 3.8) is 0 Å². The Morgan fingerprint density at radius 3 is 2.75 bits per heavy atom. The molecule has 0 atom stereocenters. The number of pyridine rings is 2. The van der Waals surface area contributed by atoms with Crippen LogP contribution in [0.1, 0.15) is 24.1 Å². The molecule has 0 spiro atoms. The van der Waals surface area contributed by atoms with Gasteiger partial charge in [-0.25, -0.2) is 15.0 Å². The number of nitrogens with one attached hydrogen (secondary N) is 2. The van der Waals surface area contributed by atoms with Crippen molar-refractivity contribution < 1.29 is 0 Å². The number of benzene rings is 1. The van der Waals surface area contributed by atoms with E-state index in [1.54, 1.807) is 12.5 Å². The predicted octanol–water partition coefficient (Wildman–Crippen LogP) is 4.65. The highest BCUT2D eigenvalue weighted by molar-refractivity contribution is 5.96. The van der Waals surface area contributed by atoms with Crippen LogP contribution in [-0.4, -0.2) is 57.7 Å². The Morgan fingerprint density at radius 2 is 1.89 bits per heavy atom. The van der Waals surface area contributed by atoms with Crippen molar-refractivity contribution >= 4 is 21.9 Å². The smallest absolute Gasteiger partial charge is 0.166 e. The first-order valence-electron chi connectivity index (χ1n) is 12.2. The molecule has 1 aliphatic rings. The molecule has 9 heteroatoms. The Balaban J connectivity index is 1.28. The number of aromatic amines is 2. The number of nitrogens with zero attached hydrogens (tertiary/aromatic N) is 7. The van der Waals surface area contributed by atoms with Crippen molar-refractivity contribution in [2.45, 2.75) is 26.3 Å². The number of hydrogen-bond donors (Lipinski definition) is 2. The third-order valence-electron chi connectivity index (χ3n) is 6.86. The molecule has 5 aromatic heterocycles. The summed E-state index contributed by atoms with van der Waals surface area (Å²) in [6.45, 7) is 5.25. The van der Waals surface area contributed by atoms with E-state index in [1.165, 1.54) is 31.5 Å². The summed E-state index contributed by atoms with van der Waals surface area (Å²) in [4.78, 5) is 24.2. The first-order valence-corrected chi connectivity index (χ1v) is 12.2. The molecule has 178 valence electrons. The van der Waals surface area contributed by atoms with Crippen LogP contribution < -0.4 is 0 Å². The summed E-state index contributed by atoms with van der Waals surface area (Å²) in [5.74, 6) is 1.43. The summed E-state index contributed by atoms with van der Waals surface area (Å²) >= 11 is 0. The maximum Gasteiger partial charge on any atom is 0.166 e. The fraction of sp³-hybridized carbons (Fsp3) is 0.222. The minimum Gasteiger partial charge on any atom is -0.336 e. The zero-order valence-electron chi connectivity index (χ0n) is 19.9. The van der Waals surface area contributed by atoms with Crippen LogP contribution in [0.4, 0.5) is 0 Å². The summed E-state index contributed by atoms with van der Waals surface area (Å²) in [6, 6.07) is 10.5. The van der Waals surface area contributed by atoms with E-state index in [2.05, 4.69) is 59.3 Å². The predicted molar refractivity (Wildman–Crippen MR) is 139 cm³/mol. The van der Waals surface area contributed by atoms with Gasteiger partial charge in [0.15, 0.2) is 11.6 Å². The minimum atomic E-state index is 0.695. The molecule has 2 N–H and O–H groups in total. The number of likely N-dealkylation sites (tertiary alicyclic amines) is 1. The second-order valence-corrected chi connectivity index (χ2v) is 9.44. The molecule has 0 saturated carbocycles. The van der Waals surface area contributed by atoms with Gasteiger partial charge >= 0.3 is 0 Å². The van der Waals surface area contributed by atoms with E-state index in [0.717, 1.165) is 56.8 Å². The molecule has 1 aromatic carbocycles. The van der Waals surface area contributed by atoms with Crippen LogP contribution in [-0.2, 0) is 6.54 Å². The molecule has 36 heavy (non-hydrogen) atoms. The highest BCUT2D eigenvalue weighted by Gasteiger charge is 2.17. The summed E-state index contributed by atoms with van der Waals surface area (Å²) in [5, 5.41) is 8.77. The first kappa shape index (κ1) is 21.0. The van der Waals surface area contributed by atoms with Gasteiger partial charge in [0.05, 0.1) is 16.7 Å². The minimum absolute atomic E-state index is 0.695. The lowest BCUT2D eigenvalue weighted by Gasteiger charge is -2.14. The maximum absolute atomic E-state index is 4.90. The van der Waals surface area contributed by atoms with Gasteiger partial charge < -0.3 is 4.98 Å². The van der Waals surface area contributed by atoms with Gasteiger partial charge in [0, 0.05) is 42.3 Å². The standard InChI is InChI=1S/C27H25N9/c1-17-14-36(16-30-17)27-25-23(6-7-29-27)31-26(32-25)24-21-11-19(4-5-22(21)33-34-24)20-10-18(12-28-13-20)15-35-8-2-3-9-35/h4-7,10-14,16H,2-3,8-9,15H2,1H3,(H,31,32)(H,33,34). The van der Waals surface area contributed by atoms with Crippen molar-refractivity contribution in [2.75, 3.05) is 13.1 Å². The zero-order valence-corrected chi connectivity index (χ0v) is 19.9. The number of fused-ring (bicyclic) bond motifs is 2. The van der Waals surface area contributed by atoms with Crippen LogP contribution in [0, 0.1) is 6.92 Å². The molecule has 1 fully saturated rings. The van der Waals surface area contributed by atoms with E-state index in [-0.39, 0.29) is 0 Å². The summed E-state index contributed by atoms with van der Waals surface area (Å²) in [6.07, 6.45) is 12.0. The molecule has 0 amide bonds. The molecule has 6 heterocycles. The number of hydrogen-bond acceptors (Lipinski definition) is 6. The second kappa shape index (κ2) is 8.39. The molecule has 0 unspecified atom stereocenters. The van der Waals surface area contributed by atoms with Crippen LogP contribution in [0.2, 0.25) is 0 Å². The average molecular weight is 476 g/mol. The Hall–Kier alpha value is -4.37. The van der Waals surface area contributed by atoms with Crippen LogP contribution in [0.25, 0.3) is 50.4 Å². The van der Waals surface area contributed by atoms with E-state index in [0.29, 0.717) is 5.82 Å². The van der Waals surface area contributed by atoms with Crippen molar-refractivity contribution in [1.82, 2.24) is 44.6 Å². The normalized spacial score (nSPS) is 14.4. The molecule has 0 radical (unpaired) electrons. The van der Waals surface area contributed by atoms with E-state index in [9.17, 15) is 0 Å². The summed E-state index contributed by atoms with van der Waals surface area (Å²) < 4.78 is 1.89. The van der Waals surface area contributed by atoms with Crippen LogP contribution in [0.5, 0.6) is 0 Å².